The van der Waals surface area contributed by atoms with Crippen LogP contribution in [0.4, 0.5) is 4.39 Å². The Morgan fingerprint density at radius 1 is 1.33 bits per heavy atom. The molecule has 1 aliphatic heterocycles. The minimum atomic E-state index is -0.184. The molecule has 3 nitrogen and oxygen atoms in total. The van der Waals surface area contributed by atoms with Crippen molar-refractivity contribution >= 4 is 0 Å². The van der Waals surface area contributed by atoms with Crippen molar-refractivity contribution in [3.05, 3.63) is 35.1 Å². The van der Waals surface area contributed by atoms with Crippen molar-refractivity contribution in [1.29, 1.82) is 0 Å². The fraction of sp³-hybridized carbons (Fsp3) is 0.571. The quantitative estimate of drug-likeness (QED) is 0.878. The summed E-state index contributed by atoms with van der Waals surface area (Å²) in [6.45, 7) is 3.35. The number of nitrogens with two attached hydrogens (primary N) is 1. The van der Waals surface area contributed by atoms with E-state index in [1.807, 2.05) is 6.07 Å². The molecule has 2 rings (SSSR count). The van der Waals surface area contributed by atoms with Gasteiger partial charge in [-0.1, -0.05) is 6.07 Å². The minimum Gasteiger partial charge on any atom is -0.326 e. The Labute approximate surface area is 108 Å². The molecule has 0 bridgehead atoms. The average molecular weight is 251 g/mol. The van der Waals surface area contributed by atoms with Crippen LogP contribution in [0, 0.1) is 5.82 Å². The highest BCUT2D eigenvalue weighted by Gasteiger charge is 2.23. The first-order chi connectivity index (χ1) is 8.58. The summed E-state index contributed by atoms with van der Waals surface area (Å²) in [6.07, 6.45) is 1.19. The van der Waals surface area contributed by atoms with E-state index in [0.29, 0.717) is 12.6 Å². The van der Waals surface area contributed by atoms with Gasteiger partial charge >= 0.3 is 0 Å². The largest absolute Gasteiger partial charge is 0.326 e. The van der Waals surface area contributed by atoms with Crippen molar-refractivity contribution in [1.82, 2.24) is 9.80 Å². The lowest BCUT2D eigenvalue weighted by Gasteiger charge is -2.20. The molecular weight excluding hydrogens is 229 g/mol. The normalized spacial score (nSPS) is 20.8. The third-order valence-corrected chi connectivity index (χ3v) is 3.64. The highest BCUT2D eigenvalue weighted by molar-refractivity contribution is 5.24. The van der Waals surface area contributed by atoms with Gasteiger partial charge in [0.2, 0.25) is 0 Å². The maximum atomic E-state index is 13.4. The first-order valence-corrected chi connectivity index (χ1v) is 6.45. The van der Waals surface area contributed by atoms with E-state index < -0.39 is 0 Å². The molecule has 4 heteroatoms. The second-order valence-electron chi connectivity index (χ2n) is 5.31. The summed E-state index contributed by atoms with van der Waals surface area (Å²) in [4.78, 5) is 4.64. The lowest BCUT2D eigenvalue weighted by Crippen LogP contribution is -2.31. The van der Waals surface area contributed by atoms with E-state index in [-0.39, 0.29) is 5.82 Å². The predicted molar refractivity (Wildman–Crippen MR) is 71.7 cm³/mol. The molecule has 1 unspecified atom stereocenters. The van der Waals surface area contributed by atoms with E-state index in [1.54, 1.807) is 6.07 Å². The summed E-state index contributed by atoms with van der Waals surface area (Å²) in [5.41, 5.74) is 7.46. The highest BCUT2D eigenvalue weighted by atomic mass is 19.1. The maximum absolute atomic E-state index is 13.4. The van der Waals surface area contributed by atoms with Gasteiger partial charge in [-0.05, 0) is 43.8 Å². The first-order valence-electron chi connectivity index (χ1n) is 6.45. The van der Waals surface area contributed by atoms with Crippen LogP contribution in [0.15, 0.2) is 18.2 Å². The van der Waals surface area contributed by atoms with Gasteiger partial charge in [0.1, 0.15) is 5.82 Å². The van der Waals surface area contributed by atoms with Gasteiger partial charge in [-0.3, -0.25) is 4.90 Å². The third kappa shape index (κ3) is 3.28. The van der Waals surface area contributed by atoms with E-state index in [4.69, 9.17) is 5.73 Å². The second-order valence-corrected chi connectivity index (χ2v) is 5.31. The van der Waals surface area contributed by atoms with Crippen LogP contribution in [0.3, 0.4) is 0 Å². The molecule has 2 N–H and O–H groups in total. The number of likely N-dealkylation sites (N-methyl/N-ethyl adjacent to an activating group) is 1. The molecule has 0 aromatic heterocycles. The van der Waals surface area contributed by atoms with Crippen LogP contribution in [0.1, 0.15) is 17.5 Å². The lowest BCUT2D eigenvalue weighted by atomic mass is 10.1. The van der Waals surface area contributed by atoms with E-state index in [9.17, 15) is 4.39 Å². The molecule has 0 aliphatic carbocycles. The molecule has 0 radical (unpaired) electrons. The number of hydrogen-bond donors (Lipinski definition) is 1. The summed E-state index contributed by atoms with van der Waals surface area (Å²) in [5, 5.41) is 0. The Kier molecular flexibility index (Phi) is 4.32. The average Bonchev–Trinajstić information content (AvgIpc) is 2.76. The molecule has 1 aromatic rings. The second kappa shape index (κ2) is 5.78. The lowest BCUT2D eigenvalue weighted by molar-refractivity contribution is 0.264. The van der Waals surface area contributed by atoms with E-state index in [1.165, 1.54) is 12.5 Å². The smallest absolute Gasteiger partial charge is 0.123 e. The Bertz CT molecular complexity index is 406. The topological polar surface area (TPSA) is 32.5 Å². The van der Waals surface area contributed by atoms with Crippen LogP contribution in [-0.2, 0) is 13.1 Å². The van der Waals surface area contributed by atoms with Crippen LogP contribution >= 0.6 is 0 Å². The standard InChI is InChI=1S/C14H22FN3/c1-17(2)14-3-4-18(10-14)9-12-5-11(8-16)6-13(15)7-12/h5-7,14H,3-4,8-10,16H2,1-2H3. The Morgan fingerprint density at radius 2 is 2.06 bits per heavy atom. The van der Waals surface area contributed by atoms with Gasteiger partial charge in [0.05, 0.1) is 0 Å². The van der Waals surface area contributed by atoms with Crippen molar-refractivity contribution in [3.8, 4) is 0 Å². The number of likely N-dealkylation sites (tertiary alicyclic amines) is 1. The van der Waals surface area contributed by atoms with Gasteiger partial charge in [0.15, 0.2) is 0 Å². The van der Waals surface area contributed by atoms with Crippen LogP contribution < -0.4 is 5.73 Å². The van der Waals surface area contributed by atoms with Crippen molar-refractivity contribution in [2.75, 3.05) is 27.2 Å². The van der Waals surface area contributed by atoms with Crippen molar-refractivity contribution < 1.29 is 4.39 Å². The molecule has 1 aliphatic rings. The zero-order chi connectivity index (χ0) is 13.1. The number of halogens is 1. The molecule has 1 aromatic carbocycles. The molecule has 100 valence electrons. The molecule has 18 heavy (non-hydrogen) atoms. The van der Waals surface area contributed by atoms with Crippen molar-refractivity contribution in [2.24, 2.45) is 5.73 Å². The van der Waals surface area contributed by atoms with Crippen LogP contribution in [0.2, 0.25) is 0 Å². The third-order valence-electron chi connectivity index (χ3n) is 3.64. The first kappa shape index (κ1) is 13.5. The number of hydrogen-bond acceptors (Lipinski definition) is 3. The van der Waals surface area contributed by atoms with Crippen LogP contribution in [0.5, 0.6) is 0 Å². The van der Waals surface area contributed by atoms with Gasteiger partial charge in [0.25, 0.3) is 0 Å². The van der Waals surface area contributed by atoms with Gasteiger partial charge < -0.3 is 10.6 Å². The van der Waals surface area contributed by atoms with Gasteiger partial charge in [-0.15, -0.1) is 0 Å². The Balaban J connectivity index is 2.00. The molecular formula is C14H22FN3. The molecule has 1 saturated heterocycles. The summed E-state index contributed by atoms with van der Waals surface area (Å²) in [7, 11) is 4.23. The molecule has 1 heterocycles. The zero-order valence-electron chi connectivity index (χ0n) is 11.2. The van der Waals surface area contributed by atoms with Crippen molar-refractivity contribution in [3.63, 3.8) is 0 Å². The number of rotatable bonds is 4. The van der Waals surface area contributed by atoms with E-state index >= 15 is 0 Å². The maximum Gasteiger partial charge on any atom is 0.123 e. The molecule has 0 spiro atoms. The molecule has 1 fully saturated rings. The SMILES string of the molecule is CN(C)C1CCN(Cc2cc(F)cc(CN)c2)C1. The number of benzene rings is 1. The van der Waals surface area contributed by atoms with E-state index in [0.717, 1.165) is 30.8 Å². The summed E-state index contributed by atoms with van der Waals surface area (Å²) >= 11 is 0. The highest BCUT2D eigenvalue weighted by Crippen LogP contribution is 2.17. The Morgan fingerprint density at radius 3 is 2.67 bits per heavy atom. The monoisotopic (exact) mass is 251 g/mol. The fourth-order valence-electron chi connectivity index (χ4n) is 2.56. The fourth-order valence-corrected chi connectivity index (χ4v) is 2.56. The van der Waals surface area contributed by atoms with E-state index in [2.05, 4.69) is 23.9 Å². The minimum absolute atomic E-state index is 0.184. The van der Waals surface area contributed by atoms with Crippen LogP contribution in [0.25, 0.3) is 0 Å². The number of nitrogens with zero attached hydrogens (tertiary/aromatic N) is 2. The Hall–Kier alpha value is -0.970. The van der Waals surface area contributed by atoms with Gasteiger partial charge in [-0.25, -0.2) is 4.39 Å². The summed E-state index contributed by atoms with van der Waals surface area (Å²) < 4.78 is 13.4. The summed E-state index contributed by atoms with van der Waals surface area (Å²) in [5.74, 6) is -0.184. The zero-order valence-corrected chi connectivity index (χ0v) is 11.2. The van der Waals surface area contributed by atoms with Crippen LogP contribution in [-0.4, -0.2) is 43.0 Å². The van der Waals surface area contributed by atoms with Crippen molar-refractivity contribution in [2.45, 2.75) is 25.6 Å². The van der Waals surface area contributed by atoms with Gasteiger partial charge in [-0.2, -0.15) is 0 Å². The molecule has 0 saturated carbocycles. The molecule has 0 amide bonds. The van der Waals surface area contributed by atoms with Gasteiger partial charge in [0, 0.05) is 32.2 Å². The molecule has 1 atom stereocenters. The predicted octanol–water partition coefficient (Wildman–Crippen LogP) is 1.42. The summed E-state index contributed by atoms with van der Waals surface area (Å²) in [6, 6.07) is 5.75.